The third-order valence-electron chi connectivity index (χ3n) is 7.85. The summed E-state index contributed by atoms with van der Waals surface area (Å²) in [6.07, 6.45) is 0.797. The number of rotatable bonds is 11. The van der Waals surface area contributed by atoms with Gasteiger partial charge in [0, 0.05) is 10.1 Å². The van der Waals surface area contributed by atoms with Crippen LogP contribution >= 0.6 is 8.25 Å². The minimum absolute atomic E-state index is 0.263. The van der Waals surface area contributed by atoms with Crippen LogP contribution in [0.15, 0.2) is 43.0 Å². The first-order chi connectivity index (χ1) is 19.0. The molecule has 11 nitrogen and oxygen atoms in total. The van der Waals surface area contributed by atoms with Crippen molar-refractivity contribution in [2.75, 3.05) is 5.32 Å². The Morgan fingerprint density at radius 2 is 1.73 bits per heavy atom. The molecule has 0 saturated carbocycles. The Labute approximate surface area is 236 Å². The molecule has 3 heterocycles. The van der Waals surface area contributed by atoms with E-state index >= 15 is 0 Å². The van der Waals surface area contributed by atoms with Crippen molar-refractivity contribution in [1.29, 1.82) is 0 Å². The molecule has 2 aromatic heterocycles. The molecule has 4 rings (SSSR count). The summed E-state index contributed by atoms with van der Waals surface area (Å²) in [6, 6.07) is 8.84. The molecular formula is C27H39N5O6PSi+. The van der Waals surface area contributed by atoms with Crippen LogP contribution in [0.5, 0.6) is 0 Å². The van der Waals surface area contributed by atoms with E-state index in [9.17, 15) is 14.3 Å². The summed E-state index contributed by atoms with van der Waals surface area (Å²) in [5.74, 6) is -0.0528. The van der Waals surface area contributed by atoms with Crippen molar-refractivity contribution in [3.8, 4) is 0 Å². The summed E-state index contributed by atoms with van der Waals surface area (Å²) >= 11 is 0. The highest BCUT2D eigenvalue weighted by Crippen LogP contribution is 2.48. The molecule has 1 aromatic carbocycles. The average molecular weight is 589 g/mol. The molecule has 1 aliphatic heterocycles. The lowest BCUT2D eigenvalue weighted by Gasteiger charge is -2.45. The minimum atomic E-state index is -2.90. The van der Waals surface area contributed by atoms with Gasteiger partial charge in [-0.05, 0) is 35.2 Å². The van der Waals surface area contributed by atoms with Gasteiger partial charge in [0.05, 0.1) is 12.4 Å². The lowest BCUT2D eigenvalue weighted by molar-refractivity contribution is -0.0331. The summed E-state index contributed by atoms with van der Waals surface area (Å²) in [5.41, 5.74) is 2.10. The predicted molar refractivity (Wildman–Crippen MR) is 155 cm³/mol. The van der Waals surface area contributed by atoms with Crippen LogP contribution in [0.2, 0.25) is 16.6 Å². The van der Waals surface area contributed by atoms with Gasteiger partial charge in [0.15, 0.2) is 29.3 Å². The van der Waals surface area contributed by atoms with E-state index in [4.69, 9.17) is 13.7 Å². The van der Waals surface area contributed by atoms with Gasteiger partial charge in [0.1, 0.15) is 12.4 Å². The number of nitrogens with zero attached hydrogens (tertiary/aromatic N) is 4. The Morgan fingerprint density at radius 1 is 1.07 bits per heavy atom. The Bertz CT molecular complexity index is 1320. The first kappa shape index (κ1) is 30.4. The second-order valence-corrected chi connectivity index (χ2v) is 17.1. The van der Waals surface area contributed by atoms with Crippen molar-refractivity contribution in [1.82, 2.24) is 19.5 Å². The van der Waals surface area contributed by atoms with Crippen LogP contribution in [0.25, 0.3) is 11.2 Å². The Morgan fingerprint density at radius 3 is 2.30 bits per heavy atom. The van der Waals surface area contributed by atoms with Crippen LogP contribution in [0, 0.1) is 0 Å². The Hall–Kier alpha value is -2.60. The number of anilines is 1. The maximum absolute atomic E-state index is 12.8. The molecule has 40 heavy (non-hydrogen) atoms. The van der Waals surface area contributed by atoms with Crippen molar-refractivity contribution in [3.05, 3.63) is 48.5 Å². The maximum atomic E-state index is 12.8. The quantitative estimate of drug-likeness (QED) is 0.205. The molecule has 0 bridgehead atoms. The number of carbonyl (C=O) groups excluding carboxylic acids is 1. The van der Waals surface area contributed by atoms with Crippen molar-refractivity contribution in [2.24, 2.45) is 0 Å². The van der Waals surface area contributed by atoms with Gasteiger partial charge >= 0.3 is 8.25 Å². The summed E-state index contributed by atoms with van der Waals surface area (Å²) in [6.45, 7) is 15.0. The van der Waals surface area contributed by atoms with Crippen molar-refractivity contribution in [3.63, 3.8) is 0 Å². The number of aromatic nitrogens is 4. The zero-order valence-electron chi connectivity index (χ0n) is 24.0. The number of benzene rings is 1. The monoisotopic (exact) mass is 588 g/mol. The third-order valence-corrected chi connectivity index (χ3v) is 14.4. The second kappa shape index (κ2) is 12.5. The van der Waals surface area contributed by atoms with E-state index in [2.05, 4.69) is 61.8 Å². The highest BCUT2D eigenvalue weighted by Gasteiger charge is 2.56. The fourth-order valence-electron chi connectivity index (χ4n) is 6.16. The maximum Gasteiger partial charge on any atom is 0.695 e. The van der Waals surface area contributed by atoms with E-state index in [1.807, 2.05) is 13.0 Å². The van der Waals surface area contributed by atoms with E-state index in [-0.39, 0.29) is 28.3 Å². The molecule has 0 aliphatic carbocycles. The number of nitrogens with one attached hydrogen (secondary N) is 1. The molecule has 216 valence electrons. The smallest absolute Gasteiger partial charge is 0.406 e. The molecule has 3 aromatic rings. The Kier molecular flexibility index (Phi) is 9.49. The molecule has 1 aliphatic rings. The van der Waals surface area contributed by atoms with E-state index in [1.54, 1.807) is 35.2 Å². The lowest BCUT2D eigenvalue weighted by atomic mass is 10.1. The van der Waals surface area contributed by atoms with Crippen LogP contribution in [-0.2, 0) is 18.3 Å². The summed E-state index contributed by atoms with van der Waals surface area (Å²) in [7, 11) is -5.38. The number of hydrogen-bond acceptors (Lipinski definition) is 8. The molecular weight excluding hydrogens is 549 g/mol. The van der Waals surface area contributed by atoms with Crippen LogP contribution in [0.1, 0.15) is 71.5 Å². The van der Waals surface area contributed by atoms with Gasteiger partial charge in [0.2, 0.25) is 8.32 Å². The SMILES string of the molecule is CC[C@H]1O[C@@H](n2cnc3c(NC(=O)c4ccccc4)ncnc32)[C@H](O[Si](C(C)C)(C(C)C)C(C)C)[C@H]1O[P+](=O)O. The van der Waals surface area contributed by atoms with Gasteiger partial charge in [-0.2, -0.15) is 0 Å². The van der Waals surface area contributed by atoms with Crippen LogP contribution in [-0.4, -0.2) is 56.9 Å². The lowest BCUT2D eigenvalue weighted by Crippen LogP contribution is -2.53. The van der Waals surface area contributed by atoms with Crippen molar-refractivity contribution >= 4 is 39.5 Å². The van der Waals surface area contributed by atoms with Crippen LogP contribution in [0.3, 0.4) is 0 Å². The molecule has 2 N–H and O–H groups in total. The number of hydrogen-bond donors (Lipinski definition) is 2. The number of carbonyl (C=O) groups is 1. The second-order valence-electron chi connectivity index (χ2n) is 11.0. The molecule has 1 unspecified atom stereocenters. The Balaban J connectivity index is 1.77. The zero-order chi connectivity index (χ0) is 29.2. The highest BCUT2D eigenvalue weighted by molar-refractivity contribution is 7.32. The standard InChI is InChI=1S/C27H38N5O6PSi/c1-8-20-22(37-39(34)35)23(38-40(16(2)3,17(4)5)18(6)7)27(36-20)32-15-30-21-24(28-14-29-25(21)32)31-26(33)19-12-10-9-11-13-19/h9-18,20,22-23,27H,8H2,1-7H3,(H-,28,29,31,33,34,35)/p+1/t20-,22+,23-,27-/m1/s1. The van der Waals surface area contributed by atoms with Crippen LogP contribution in [0.4, 0.5) is 5.82 Å². The van der Waals surface area contributed by atoms with Crippen molar-refractivity contribution < 1.29 is 27.9 Å². The largest absolute Gasteiger partial charge is 0.695 e. The molecule has 0 radical (unpaired) electrons. The normalized spacial score (nSPS) is 22.0. The molecule has 1 amide bonds. The molecule has 13 heteroatoms. The van der Waals surface area contributed by atoms with Crippen molar-refractivity contribution in [2.45, 2.75) is 96.1 Å². The number of imidazole rings is 1. The first-order valence-corrected chi connectivity index (χ1v) is 17.0. The van der Waals surface area contributed by atoms with Crippen LogP contribution < -0.4 is 5.32 Å². The third kappa shape index (κ3) is 5.74. The number of ether oxygens (including phenoxy) is 1. The highest BCUT2D eigenvalue weighted by atomic mass is 31.1. The van der Waals surface area contributed by atoms with Gasteiger partial charge < -0.3 is 14.5 Å². The van der Waals surface area contributed by atoms with Gasteiger partial charge in [0.25, 0.3) is 5.91 Å². The van der Waals surface area contributed by atoms with Gasteiger partial charge in [-0.15, -0.1) is 9.42 Å². The van der Waals surface area contributed by atoms with E-state index in [0.717, 1.165) is 0 Å². The fraction of sp³-hybridized carbons (Fsp3) is 0.556. The molecule has 0 spiro atoms. The van der Waals surface area contributed by atoms with E-state index in [0.29, 0.717) is 23.1 Å². The van der Waals surface area contributed by atoms with Gasteiger partial charge in [-0.25, -0.2) is 15.0 Å². The number of fused-ring (bicyclic) bond motifs is 1. The molecule has 1 saturated heterocycles. The summed E-state index contributed by atoms with van der Waals surface area (Å²) in [5, 5.41) is 2.83. The van der Waals surface area contributed by atoms with Gasteiger partial charge in [-0.1, -0.05) is 66.7 Å². The average Bonchev–Trinajstić information content (AvgIpc) is 3.48. The number of amides is 1. The predicted octanol–water partition coefficient (Wildman–Crippen LogP) is 5.98. The van der Waals surface area contributed by atoms with Gasteiger partial charge in [-0.3, -0.25) is 9.36 Å². The van der Waals surface area contributed by atoms with E-state index in [1.165, 1.54) is 6.33 Å². The summed E-state index contributed by atoms with van der Waals surface area (Å²) in [4.78, 5) is 35.9. The topological polar surface area (TPSA) is 138 Å². The fourth-order valence-corrected chi connectivity index (χ4v) is 12.2. The van der Waals surface area contributed by atoms with E-state index < -0.39 is 41.1 Å². The molecule has 5 atom stereocenters. The summed E-state index contributed by atoms with van der Waals surface area (Å²) < 4.78 is 32.9. The first-order valence-electron chi connectivity index (χ1n) is 13.7. The zero-order valence-corrected chi connectivity index (χ0v) is 25.9. The molecule has 1 fully saturated rings. The minimum Gasteiger partial charge on any atom is -0.406 e.